The van der Waals surface area contributed by atoms with Crippen molar-refractivity contribution >= 4 is 5.96 Å². The molecule has 8 heteroatoms. The summed E-state index contributed by atoms with van der Waals surface area (Å²) in [6.07, 6.45) is 2.77. The zero-order chi connectivity index (χ0) is 19.6. The number of guanidine groups is 1. The van der Waals surface area contributed by atoms with Crippen molar-refractivity contribution in [3.63, 3.8) is 0 Å². The lowest BCUT2D eigenvalue weighted by Gasteiger charge is -2.25. The minimum absolute atomic E-state index is 0.281. The number of benzene rings is 1. The molecule has 0 fully saturated rings. The third-order valence-corrected chi connectivity index (χ3v) is 4.44. The second kappa shape index (κ2) is 10.7. The highest BCUT2D eigenvalue weighted by Crippen LogP contribution is 2.13. The van der Waals surface area contributed by atoms with E-state index in [2.05, 4.69) is 32.6 Å². The molecule has 1 aromatic heterocycles. The molecule has 0 saturated heterocycles. The number of hydrogen-bond acceptors (Lipinski definition) is 5. The average molecular weight is 387 g/mol. The molecular weight excluding hydrogens is 356 g/mol. The van der Waals surface area contributed by atoms with E-state index in [4.69, 9.17) is 9.47 Å². The van der Waals surface area contributed by atoms with E-state index in [-0.39, 0.29) is 6.04 Å². The number of ether oxygens (including phenoxy) is 2. The number of nitrogens with one attached hydrogen (secondary N) is 2. The van der Waals surface area contributed by atoms with Crippen LogP contribution in [0.1, 0.15) is 31.4 Å². The van der Waals surface area contributed by atoms with E-state index in [0.717, 1.165) is 55.7 Å². The SMILES string of the molecule is CCNC(=NCCCOc1ccccc1)NC1CCc2nc(COC)nn2C1. The molecule has 8 nitrogen and oxygen atoms in total. The Morgan fingerprint density at radius 1 is 1.32 bits per heavy atom. The van der Waals surface area contributed by atoms with Gasteiger partial charge in [-0.15, -0.1) is 0 Å². The zero-order valence-electron chi connectivity index (χ0n) is 16.7. The summed E-state index contributed by atoms with van der Waals surface area (Å²) >= 11 is 0. The number of nitrogens with zero attached hydrogens (tertiary/aromatic N) is 4. The van der Waals surface area contributed by atoms with Crippen molar-refractivity contribution < 1.29 is 9.47 Å². The Kier molecular flexibility index (Phi) is 7.66. The fourth-order valence-electron chi connectivity index (χ4n) is 3.14. The smallest absolute Gasteiger partial charge is 0.191 e. The predicted molar refractivity (Wildman–Crippen MR) is 109 cm³/mol. The molecule has 1 unspecified atom stereocenters. The number of aryl methyl sites for hydroxylation is 1. The fourth-order valence-corrected chi connectivity index (χ4v) is 3.14. The van der Waals surface area contributed by atoms with E-state index in [1.54, 1.807) is 7.11 Å². The van der Waals surface area contributed by atoms with Crippen LogP contribution in [0.5, 0.6) is 5.75 Å². The molecule has 152 valence electrons. The van der Waals surface area contributed by atoms with Crippen molar-refractivity contribution in [1.29, 1.82) is 0 Å². The predicted octanol–water partition coefficient (Wildman–Crippen LogP) is 1.76. The van der Waals surface area contributed by atoms with Crippen LogP contribution in [0.4, 0.5) is 0 Å². The monoisotopic (exact) mass is 386 g/mol. The zero-order valence-corrected chi connectivity index (χ0v) is 16.7. The van der Waals surface area contributed by atoms with Gasteiger partial charge in [0.15, 0.2) is 11.8 Å². The number of rotatable bonds is 9. The summed E-state index contributed by atoms with van der Waals surface area (Å²) in [5.74, 6) is 3.52. The third-order valence-electron chi connectivity index (χ3n) is 4.44. The lowest BCUT2D eigenvalue weighted by Crippen LogP contribution is -2.47. The summed E-state index contributed by atoms with van der Waals surface area (Å²) in [7, 11) is 1.66. The van der Waals surface area contributed by atoms with Gasteiger partial charge < -0.3 is 20.1 Å². The van der Waals surface area contributed by atoms with Gasteiger partial charge in [0.25, 0.3) is 0 Å². The van der Waals surface area contributed by atoms with Crippen molar-refractivity contribution in [1.82, 2.24) is 25.4 Å². The van der Waals surface area contributed by atoms with Crippen molar-refractivity contribution in [2.45, 2.75) is 45.4 Å². The van der Waals surface area contributed by atoms with Crippen LogP contribution in [-0.4, -0.2) is 53.6 Å². The number of aromatic nitrogens is 3. The summed E-state index contributed by atoms with van der Waals surface area (Å²) < 4.78 is 12.8. The Labute approximate surface area is 166 Å². The van der Waals surface area contributed by atoms with Gasteiger partial charge in [-0.2, -0.15) is 5.10 Å². The highest BCUT2D eigenvalue weighted by Gasteiger charge is 2.22. The highest BCUT2D eigenvalue weighted by atomic mass is 16.5. The van der Waals surface area contributed by atoms with Gasteiger partial charge in [0.05, 0.1) is 13.2 Å². The molecule has 28 heavy (non-hydrogen) atoms. The first-order chi connectivity index (χ1) is 13.8. The molecule has 0 saturated carbocycles. The van der Waals surface area contributed by atoms with Crippen molar-refractivity contribution in [2.75, 3.05) is 26.8 Å². The minimum Gasteiger partial charge on any atom is -0.494 e. The summed E-state index contributed by atoms with van der Waals surface area (Å²) in [6, 6.07) is 10.1. The van der Waals surface area contributed by atoms with Gasteiger partial charge >= 0.3 is 0 Å². The molecule has 3 rings (SSSR count). The maximum atomic E-state index is 5.72. The summed E-state index contributed by atoms with van der Waals surface area (Å²) in [6.45, 7) is 5.50. The molecule has 2 heterocycles. The Morgan fingerprint density at radius 3 is 2.96 bits per heavy atom. The summed E-state index contributed by atoms with van der Waals surface area (Å²) in [5, 5.41) is 11.4. The molecule has 0 amide bonds. The Balaban J connectivity index is 1.46. The first-order valence-electron chi connectivity index (χ1n) is 9.92. The molecule has 0 aliphatic carbocycles. The van der Waals surface area contributed by atoms with Gasteiger partial charge in [0.2, 0.25) is 0 Å². The van der Waals surface area contributed by atoms with Crippen LogP contribution in [0, 0.1) is 0 Å². The number of para-hydroxylation sites is 1. The van der Waals surface area contributed by atoms with E-state index in [1.165, 1.54) is 0 Å². The molecule has 1 atom stereocenters. The molecule has 0 bridgehead atoms. The van der Waals surface area contributed by atoms with Gasteiger partial charge in [-0.05, 0) is 25.5 Å². The van der Waals surface area contributed by atoms with Gasteiger partial charge in [-0.3, -0.25) is 4.99 Å². The maximum Gasteiger partial charge on any atom is 0.191 e. The van der Waals surface area contributed by atoms with Gasteiger partial charge in [0.1, 0.15) is 18.2 Å². The Bertz CT molecular complexity index is 746. The number of fused-ring (bicyclic) bond motifs is 1. The first kappa shape index (κ1) is 20.1. The molecule has 1 aromatic carbocycles. The van der Waals surface area contributed by atoms with Crippen LogP contribution in [0.25, 0.3) is 0 Å². The fraction of sp³-hybridized carbons (Fsp3) is 0.550. The number of aliphatic imine (C=N–C) groups is 1. The number of hydrogen-bond donors (Lipinski definition) is 2. The van der Waals surface area contributed by atoms with E-state index < -0.39 is 0 Å². The van der Waals surface area contributed by atoms with Crippen LogP contribution in [-0.2, 0) is 24.3 Å². The largest absolute Gasteiger partial charge is 0.494 e. The van der Waals surface area contributed by atoms with Gasteiger partial charge in [-0.1, -0.05) is 18.2 Å². The molecule has 1 aliphatic heterocycles. The van der Waals surface area contributed by atoms with Gasteiger partial charge in [0, 0.05) is 39.1 Å². The topological polar surface area (TPSA) is 85.6 Å². The van der Waals surface area contributed by atoms with Crippen molar-refractivity contribution in [3.8, 4) is 5.75 Å². The standard InChI is InChI=1S/C20H30N6O2/c1-3-21-20(22-12-7-13-28-17-8-5-4-6-9-17)23-16-10-11-19-24-18(15-27-2)25-26(19)14-16/h4-6,8-9,16H,3,7,10-15H2,1-2H3,(H2,21,22,23). The molecule has 2 N–H and O–H groups in total. The Morgan fingerprint density at radius 2 is 2.18 bits per heavy atom. The number of methoxy groups -OCH3 is 1. The summed E-state index contributed by atoms with van der Waals surface area (Å²) in [5.41, 5.74) is 0. The van der Waals surface area contributed by atoms with E-state index in [0.29, 0.717) is 19.8 Å². The quantitative estimate of drug-likeness (QED) is 0.388. The van der Waals surface area contributed by atoms with Crippen LogP contribution in [0.2, 0.25) is 0 Å². The lowest BCUT2D eigenvalue weighted by molar-refractivity contribution is 0.177. The van der Waals surface area contributed by atoms with Crippen LogP contribution >= 0.6 is 0 Å². The minimum atomic E-state index is 0.281. The lowest BCUT2D eigenvalue weighted by atomic mass is 10.1. The maximum absolute atomic E-state index is 5.72. The van der Waals surface area contributed by atoms with Crippen molar-refractivity contribution in [2.24, 2.45) is 4.99 Å². The van der Waals surface area contributed by atoms with E-state index >= 15 is 0 Å². The molecule has 0 radical (unpaired) electrons. The Hall–Kier alpha value is -2.61. The normalized spacial score (nSPS) is 16.5. The molecule has 1 aliphatic rings. The third kappa shape index (κ3) is 5.95. The van der Waals surface area contributed by atoms with Crippen molar-refractivity contribution in [3.05, 3.63) is 42.0 Å². The average Bonchev–Trinajstić information content (AvgIpc) is 3.10. The summed E-state index contributed by atoms with van der Waals surface area (Å²) in [4.78, 5) is 9.20. The highest BCUT2D eigenvalue weighted by molar-refractivity contribution is 5.80. The molecule has 0 spiro atoms. The van der Waals surface area contributed by atoms with Crippen LogP contribution in [0.3, 0.4) is 0 Å². The van der Waals surface area contributed by atoms with Crippen LogP contribution < -0.4 is 15.4 Å². The molecular formula is C20H30N6O2. The second-order valence-electron chi connectivity index (χ2n) is 6.72. The van der Waals surface area contributed by atoms with Gasteiger partial charge in [-0.25, -0.2) is 9.67 Å². The first-order valence-corrected chi connectivity index (χ1v) is 9.92. The van der Waals surface area contributed by atoms with E-state index in [1.807, 2.05) is 35.0 Å². The van der Waals surface area contributed by atoms with Crippen LogP contribution in [0.15, 0.2) is 35.3 Å². The second-order valence-corrected chi connectivity index (χ2v) is 6.72. The molecule has 2 aromatic rings. The van der Waals surface area contributed by atoms with E-state index in [9.17, 15) is 0 Å².